The van der Waals surface area contributed by atoms with Crippen LogP contribution in [0.1, 0.15) is 36.4 Å². The van der Waals surface area contributed by atoms with Crippen molar-refractivity contribution in [2.24, 2.45) is 4.99 Å². The zero-order valence-electron chi connectivity index (χ0n) is 14.2. The van der Waals surface area contributed by atoms with Crippen LogP contribution in [0.15, 0.2) is 34.9 Å². The molecule has 23 heavy (non-hydrogen) atoms. The summed E-state index contributed by atoms with van der Waals surface area (Å²) in [7, 11) is 1.82. The van der Waals surface area contributed by atoms with Gasteiger partial charge in [0.25, 0.3) is 0 Å². The number of unbranched alkanes of at least 4 members (excludes halogenated alkanes) is 1. The molecule has 0 fully saturated rings. The van der Waals surface area contributed by atoms with Gasteiger partial charge >= 0.3 is 0 Å². The van der Waals surface area contributed by atoms with Crippen molar-refractivity contribution in [3.63, 3.8) is 0 Å². The third-order valence-electron chi connectivity index (χ3n) is 3.87. The lowest BCUT2D eigenvalue weighted by Crippen LogP contribution is -2.39. The van der Waals surface area contributed by atoms with Gasteiger partial charge < -0.3 is 15.2 Å². The van der Waals surface area contributed by atoms with E-state index in [0.29, 0.717) is 5.92 Å². The normalized spacial score (nSPS) is 13.1. The molecule has 0 aliphatic rings. The van der Waals surface area contributed by atoms with Gasteiger partial charge in [0.15, 0.2) is 5.96 Å². The number of nitrogens with one attached hydrogen (secondary N) is 2. The molecular formula is C17H27N5S. The summed E-state index contributed by atoms with van der Waals surface area (Å²) >= 11 is 1.81. The third kappa shape index (κ3) is 5.71. The van der Waals surface area contributed by atoms with Crippen LogP contribution in [-0.2, 0) is 6.54 Å². The molecule has 2 rings (SSSR count). The molecule has 0 saturated carbocycles. The highest BCUT2D eigenvalue weighted by Gasteiger charge is 2.07. The molecule has 0 saturated heterocycles. The molecule has 5 nitrogen and oxygen atoms in total. The average Bonchev–Trinajstić information content (AvgIpc) is 3.22. The zero-order valence-corrected chi connectivity index (χ0v) is 15.1. The molecule has 2 aromatic heterocycles. The van der Waals surface area contributed by atoms with Gasteiger partial charge in [-0.25, -0.2) is 4.98 Å². The molecule has 6 heteroatoms. The SMILES string of the molecule is CN=C(NCCCCn1ccnc1C)NCC(C)c1cccs1. The van der Waals surface area contributed by atoms with E-state index in [0.717, 1.165) is 44.3 Å². The van der Waals surface area contributed by atoms with Crippen LogP contribution in [0.3, 0.4) is 0 Å². The summed E-state index contributed by atoms with van der Waals surface area (Å²) < 4.78 is 2.19. The van der Waals surface area contributed by atoms with E-state index in [9.17, 15) is 0 Å². The Kier molecular flexibility index (Phi) is 7.13. The highest BCUT2D eigenvalue weighted by molar-refractivity contribution is 7.10. The molecule has 126 valence electrons. The van der Waals surface area contributed by atoms with Gasteiger partial charge in [0.2, 0.25) is 0 Å². The molecule has 0 aliphatic carbocycles. The van der Waals surface area contributed by atoms with Gasteiger partial charge in [0, 0.05) is 49.9 Å². The molecule has 2 N–H and O–H groups in total. The second-order valence-electron chi connectivity index (χ2n) is 5.67. The Morgan fingerprint density at radius 1 is 1.39 bits per heavy atom. The van der Waals surface area contributed by atoms with Crippen molar-refractivity contribution in [3.05, 3.63) is 40.6 Å². The van der Waals surface area contributed by atoms with Crippen LogP contribution in [0.4, 0.5) is 0 Å². The first-order chi connectivity index (χ1) is 11.2. The maximum atomic E-state index is 4.29. The Balaban J connectivity index is 1.60. The molecule has 1 atom stereocenters. The Hall–Kier alpha value is -1.82. The van der Waals surface area contributed by atoms with Crippen LogP contribution in [-0.4, -0.2) is 35.6 Å². The van der Waals surface area contributed by atoms with Crippen LogP contribution in [0.2, 0.25) is 0 Å². The van der Waals surface area contributed by atoms with Crippen molar-refractivity contribution in [1.29, 1.82) is 0 Å². The lowest BCUT2D eigenvalue weighted by molar-refractivity contribution is 0.587. The van der Waals surface area contributed by atoms with Crippen molar-refractivity contribution in [1.82, 2.24) is 20.2 Å². The predicted octanol–water partition coefficient (Wildman–Crippen LogP) is 3.00. The van der Waals surface area contributed by atoms with Crippen LogP contribution >= 0.6 is 11.3 Å². The number of aryl methyl sites for hydroxylation is 2. The molecule has 0 radical (unpaired) electrons. The summed E-state index contributed by atoms with van der Waals surface area (Å²) in [6, 6.07) is 4.29. The van der Waals surface area contributed by atoms with Gasteiger partial charge in [0.1, 0.15) is 5.82 Å². The largest absolute Gasteiger partial charge is 0.356 e. The van der Waals surface area contributed by atoms with E-state index in [1.807, 2.05) is 26.4 Å². The number of thiophene rings is 1. The Morgan fingerprint density at radius 2 is 2.26 bits per heavy atom. The first-order valence-electron chi connectivity index (χ1n) is 8.16. The topological polar surface area (TPSA) is 54.2 Å². The van der Waals surface area contributed by atoms with Crippen molar-refractivity contribution in [3.8, 4) is 0 Å². The van der Waals surface area contributed by atoms with Crippen LogP contribution in [0, 0.1) is 6.92 Å². The summed E-state index contributed by atoms with van der Waals surface area (Å²) in [4.78, 5) is 9.93. The number of aliphatic imine (C=N–C) groups is 1. The number of aromatic nitrogens is 2. The second kappa shape index (κ2) is 9.35. The first-order valence-corrected chi connectivity index (χ1v) is 9.04. The number of imidazole rings is 1. The molecule has 1 unspecified atom stereocenters. The van der Waals surface area contributed by atoms with Crippen molar-refractivity contribution >= 4 is 17.3 Å². The molecule has 0 aromatic carbocycles. The number of hydrogen-bond donors (Lipinski definition) is 2. The van der Waals surface area contributed by atoms with E-state index in [1.54, 1.807) is 11.3 Å². The first kappa shape index (κ1) is 17.5. The van der Waals surface area contributed by atoms with Gasteiger partial charge in [-0.05, 0) is 31.2 Å². The van der Waals surface area contributed by atoms with E-state index < -0.39 is 0 Å². The standard InChI is InChI=1S/C17H27N5S/c1-14(16-7-6-12-23-16)13-21-17(18-3)20-8-4-5-10-22-11-9-19-15(22)2/h6-7,9,11-12,14H,4-5,8,10,13H2,1-3H3,(H2,18,20,21). The van der Waals surface area contributed by atoms with E-state index >= 15 is 0 Å². The molecule has 2 aromatic rings. The van der Waals surface area contributed by atoms with E-state index in [4.69, 9.17) is 0 Å². The minimum Gasteiger partial charge on any atom is -0.356 e. The number of nitrogens with zero attached hydrogens (tertiary/aromatic N) is 3. The summed E-state index contributed by atoms with van der Waals surface area (Å²) in [5.74, 6) is 2.46. The predicted molar refractivity (Wildman–Crippen MR) is 98.3 cm³/mol. The van der Waals surface area contributed by atoms with Crippen LogP contribution < -0.4 is 10.6 Å². The Bertz CT molecular complexity index is 588. The molecule has 0 bridgehead atoms. The second-order valence-corrected chi connectivity index (χ2v) is 6.65. The van der Waals surface area contributed by atoms with Crippen molar-refractivity contribution in [2.45, 2.75) is 39.2 Å². The fraction of sp³-hybridized carbons (Fsp3) is 0.529. The summed E-state index contributed by atoms with van der Waals surface area (Å²) in [6.07, 6.45) is 6.13. The number of hydrogen-bond acceptors (Lipinski definition) is 3. The van der Waals surface area contributed by atoms with Crippen molar-refractivity contribution < 1.29 is 0 Å². The average molecular weight is 334 g/mol. The molecule has 0 amide bonds. The smallest absolute Gasteiger partial charge is 0.190 e. The maximum absolute atomic E-state index is 4.29. The van der Waals surface area contributed by atoms with Gasteiger partial charge in [-0.2, -0.15) is 0 Å². The lowest BCUT2D eigenvalue weighted by atomic mass is 10.1. The van der Waals surface area contributed by atoms with Crippen LogP contribution in [0.25, 0.3) is 0 Å². The van der Waals surface area contributed by atoms with Gasteiger partial charge in [-0.3, -0.25) is 4.99 Å². The fourth-order valence-corrected chi connectivity index (χ4v) is 3.18. The van der Waals surface area contributed by atoms with E-state index in [-0.39, 0.29) is 0 Å². The molecule has 2 heterocycles. The van der Waals surface area contributed by atoms with E-state index in [2.05, 4.69) is 49.6 Å². The lowest BCUT2D eigenvalue weighted by Gasteiger charge is -2.15. The highest BCUT2D eigenvalue weighted by atomic mass is 32.1. The summed E-state index contributed by atoms with van der Waals surface area (Å²) in [6.45, 7) is 7.13. The molecular weight excluding hydrogens is 306 g/mol. The maximum Gasteiger partial charge on any atom is 0.190 e. The van der Waals surface area contributed by atoms with Crippen LogP contribution in [0.5, 0.6) is 0 Å². The monoisotopic (exact) mass is 333 g/mol. The minimum absolute atomic E-state index is 0.498. The Morgan fingerprint density at radius 3 is 2.91 bits per heavy atom. The minimum atomic E-state index is 0.498. The van der Waals surface area contributed by atoms with Gasteiger partial charge in [-0.15, -0.1) is 11.3 Å². The third-order valence-corrected chi connectivity index (χ3v) is 4.97. The Labute approximate surface area is 142 Å². The summed E-state index contributed by atoms with van der Waals surface area (Å²) in [5.41, 5.74) is 0. The van der Waals surface area contributed by atoms with Gasteiger partial charge in [-0.1, -0.05) is 13.0 Å². The number of rotatable bonds is 8. The van der Waals surface area contributed by atoms with E-state index in [1.165, 1.54) is 4.88 Å². The van der Waals surface area contributed by atoms with Crippen molar-refractivity contribution in [2.75, 3.05) is 20.1 Å². The van der Waals surface area contributed by atoms with Gasteiger partial charge in [0.05, 0.1) is 0 Å². The summed E-state index contributed by atoms with van der Waals surface area (Å²) in [5, 5.41) is 8.91. The number of guanidine groups is 1. The molecule has 0 spiro atoms. The zero-order chi connectivity index (χ0) is 16.5. The quantitative estimate of drug-likeness (QED) is 0.443. The highest BCUT2D eigenvalue weighted by Crippen LogP contribution is 2.19. The fourth-order valence-electron chi connectivity index (χ4n) is 2.40. The molecule has 0 aliphatic heterocycles.